The molecule has 5 rings (SSSR count). The molecule has 0 aromatic heterocycles. The van der Waals surface area contributed by atoms with E-state index in [0.717, 1.165) is 10.8 Å². The molecular weight excluding hydrogens is 280 g/mol. The van der Waals surface area contributed by atoms with Crippen LogP contribution in [0.4, 0.5) is 0 Å². The number of phenolic OH excluding ortho intramolecular Hbond substituents is 1. The highest BCUT2D eigenvalue weighted by Crippen LogP contribution is 2.39. The first-order valence-electron chi connectivity index (χ1n) is 7.78. The van der Waals surface area contributed by atoms with Gasteiger partial charge in [-0.15, -0.1) is 0 Å². The standard InChI is InChI=1S/C22H14O/c23-15-11-9-14-10-12-20-18-7-2-1-5-16(18)17-6-3-4-8-19(17)22(20)21(14)13-15/h1-13,23H. The molecular formula is C22H14O. The number of hydrogen-bond acceptors (Lipinski definition) is 1. The first kappa shape index (κ1) is 12.5. The Kier molecular flexibility index (Phi) is 2.42. The second-order valence-corrected chi connectivity index (χ2v) is 5.98. The van der Waals surface area contributed by atoms with Crippen LogP contribution in [0.3, 0.4) is 0 Å². The number of phenols is 1. The Morgan fingerprint density at radius 2 is 1.00 bits per heavy atom. The van der Waals surface area contributed by atoms with Gasteiger partial charge in [0.05, 0.1) is 0 Å². The van der Waals surface area contributed by atoms with E-state index in [1.165, 1.54) is 32.3 Å². The fourth-order valence-corrected chi connectivity index (χ4v) is 3.71. The number of fused-ring (bicyclic) bond motifs is 8. The maximum atomic E-state index is 9.98. The molecule has 0 atom stereocenters. The minimum atomic E-state index is 0.308. The lowest BCUT2D eigenvalue weighted by atomic mass is 9.91. The second-order valence-electron chi connectivity index (χ2n) is 5.98. The van der Waals surface area contributed by atoms with Gasteiger partial charge in [0, 0.05) is 0 Å². The van der Waals surface area contributed by atoms with Crippen LogP contribution in [0.25, 0.3) is 43.1 Å². The average Bonchev–Trinajstić information content (AvgIpc) is 2.61. The fourth-order valence-electron chi connectivity index (χ4n) is 3.71. The zero-order valence-corrected chi connectivity index (χ0v) is 12.5. The molecule has 0 aliphatic heterocycles. The molecule has 0 fully saturated rings. The molecule has 0 amide bonds. The lowest BCUT2D eigenvalue weighted by Gasteiger charge is -2.12. The number of aromatic hydroxyl groups is 1. The summed E-state index contributed by atoms with van der Waals surface area (Å²) in [6.07, 6.45) is 0. The average molecular weight is 294 g/mol. The molecule has 0 heterocycles. The highest BCUT2D eigenvalue weighted by molar-refractivity contribution is 6.31. The van der Waals surface area contributed by atoms with Crippen molar-refractivity contribution in [3.63, 3.8) is 0 Å². The van der Waals surface area contributed by atoms with Crippen molar-refractivity contribution in [1.82, 2.24) is 0 Å². The predicted molar refractivity (Wildman–Crippen MR) is 98.1 cm³/mol. The van der Waals surface area contributed by atoms with E-state index in [4.69, 9.17) is 0 Å². The molecule has 108 valence electrons. The number of benzene rings is 5. The SMILES string of the molecule is Oc1ccc2ccc3c4ccccc4c4ccccc4c3c2c1. The molecule has 1 heteroatoms. The van der Waals surface area contributed by atoms with Crippen molar-refractivity contribution in [3.05, 3.63) is 78.9 Å². The smallest absolute Gasteiger partial charge is 0.116 e. The third-order valence-corrected chi connectivity index (χ3v) is 4.71. The molecule has 5 aromatic rings. The van der Waals surface area contributed by atoms with Crippen molar-refractivity contribution >= 4 is 43.1 Å². The minimum absolute atomic E-state index is 0.308. The third kappa shape index (κ3) is 1.68. The van der Waals surface area contributed by atoms with Crippen LogP contribution in [0.1, 0.15) is 0 Å². The van der Waals surface area contributed by atoms with Crippen LogP contribution in [0.5, 0.6) is 5.75 Å². The van der Waals surface area contributed by atoms with Crippen LogP contribution in [-0.4, -0.2) is 5.11 Å². The number of rotatable bonds is 0. The Hall–Kier alpha value is -3.06. The van der Waals surface area contributed by atoms with E-state index >= 15 is 0 Å². The Labute approximate surface area is 133 Å². The maximum absolute atomic E-state index is 9.98. The molecule has 0 aliphatic rings. The molecule has 0 bridgehead atoms. The van der Waals surface area contributed by atoms with Gasteiger partial charge in [0.1, 0.15) is 5.75 Å². The molecule has 0 unspecified atom stereocenters. The highest BCUT2D eigenvalue weighted by Gasteiger charge is 2.10. The molecule has 1 nitrogen and oxygen atoms in total. The summed E-state index contributed by atoms with van der Waals surface area (Å²) in [6.45, 7) is 0. The van der Waals surface area contributed by atoms with E-state index in [2.05, 4.69) is 60.7 Å². The molecule has 1 N–H and O–H groups in total. The van der Waals surface area contributed by atoms with E-state index in [-0.39, 0.29) is 0 Å². The Bertz CT molecular complexity index is 1180. The summed E-state index contributed by atoms with van der Waals surface area (Å²) < 4.78 is 0. The lowest BCUT2D eigenvalue weighted by Crippen LogP contribution is -1.84. The number of hydrogen-bond donors (Lipinski definition) is 1. The van der Waals surface area contributed by atoms with Crippen LogP contribution in [0, 0.1) is 0 Å². The van der Waals surface area contributed by atoms with Crippen molar-refractivity contribution in [2.24, 2.45) is 0 Å². The maximum Gasteiger partial charge on any atom is 0.116 e. The van der Waals surface area contributed by atoms with Gasteiger partial charge < -0.3 is 5.11 Å². The van der Waals surface area contributed by atoms with Crippen molar-refractivity contribution in [2.45, 2.75) is 0 Å². The van der Waals surface area contributed by atoms with Crippen LogP contribution < -0.4 is 0 Å². The summed E-state index contributed by atoms with van der Waals surface area (Å²) in [7, 11) is 0. The van der Waals surface area contributed by atoms with Gasteiger partial charge in [-0.2, -0.15) is 0 Å². The summed E-state index contributed by atoms with van der Waals surface area (Å²) >= 11 is 0. The third-order valence-electron chi connectivity index (χ3n) is 4.71. The van der Waals surface area contributed by atoms with Crippen molar-refractivity contribution < 1.29 is 5.11 Å². The highest BCUT2D eigenvalue weighted by atomic mass is 16.3. The second kappa shape index (κ2) is 4.47. The molecule has 23 heavy (non-hydrogen) atoms. The topological polar surface area (TPSA) is 20.2 Å². The van der Waals surface area contributed by atoms with Crippen LogP contribution in [0.15, 0.2) is 78.9 Å². The van der Waals surface area contributed by atoms with Gasteiger partial charge in [0.15, 0.2) is 0 Å². The summed E-state index contributed by atoms with van der Waals surface area (Å²) in [6, 6.07) is 27.0. The zero-order valence-electron chi connectivity index (χ0n) is 12.5. The van der Waals surface area contributed by atoms with Crippen LogP contribution in [-0.2, 0) is 0 Å². The van der Waals surface area contributed by atoms with Crippen LogP contribution >= 0.6 is 0 Å². The first-order valence-corrected chi connectivity index (χ1v) is 7.78. The molecule has 0 saturated carbocycles. The van der Waals surface area contributed by atoms with Gasteiger partial charge in [0.25, 0.3) is 0 Å². The molecule has 5 aromatic carbocycles. The van der Waals surface area contributed by atoms with Gasteiger partial charge in [-0.25, -0.2) is 0 Å². The van der Waals surface area contributed by atoms with Gasteiger partial charge >= 0.3 is 0 Å². The van der Waals surface area contributed by atoms with Gasteiger partial charge in [0.2, 0.25) is 0 Å². The van der Waals surface area contributed by atoms with E-state index in [9.17, 15) is 5.11 Å². The van der Waals surface area contributed by atoms with Crippen molar-refractivity contribution in [1.29, 1.82) is 0 Å². The molecule has 0 radical (unpaired) electrons. The van der Waals surface area contributed by atoms with E-state index < -0.39 is 0 Å². The summed E-state index contributed by atoms with van der Waals surface area (Å²) in [5.41, 5.74) is 0. The van der Waals surface area contributed by atoms with Crippen molar-refractivity contribution in [3.8, 4) is 5.75 Å². The molecule has 0 aliphatic carbocycles. The molecule has 0 saturated heterocycles. The Balaban J connectivity index is 2.22. The van der Waals surface area contributed by atoms with Gasteiger partial charge in [-0.05, 0) is 55.2 Å². The summed E-state index contributed by atoms with van der Waals surface area (Å²) in [4.78, 5) is 0. The molecule has 0 spiro atoms. The Morgan fingerprint density at radius 3 is 1.70 bits per heavy atom. The predicted octanol–water partition coefficient (Wildman–Crippen LogP) is 6.01. The first-order chi connectivity index (χ1) is 11.3. The quantitative estimate of drug-likeness (QED) is 0.347. The van der Waals surface area contributed by atoms with Gasteiger partial charge in [-0.1, -0.05) is 66.7 Å². The lowest BCUT2D eigenvalue weighted by molar-refractivity contribution is 0.476. The normalized spacial score (nSPS) is 11.7. The minimum Gasteiger partial charge on any atom is -0.508 e. The van der Waals surface area contributed by atoms with Gasteiger partial charge in [-0.3, -0.25) is 0 Å². The largest absolute Gasteiger partial charge is 0.508 e. The summed E-state index contributed by atoms with van der Waals surface area (Å²) in [5.74, 6) is 0.308. The monoisotopic (exact) mass is 294 g/mol. The Morgan fingerprint density at radius 1 is 0.478 bits per heavy atom. The van der Waals surface area contributed by atoms with Crippen LogP contribution in [0.2, 0.25) is 0 Å². The fraction of sp³-hybridized carbons (Fsp3) is 0. The van der Waals surface area contributed by atoms with E-state index in [0.29, 0.717) is 5.75 Å². The zero-order chi connectivity index (χ0) is 15.4. The van der Waals surface area contributed by atoms with E-state index in [1.807, 2.05) is 12.1 Å². The summed E-state index contributed by atoms with van der Waals surface area (Å²) in [5, 5.41) is 19.7. The van der Waals surface area contributed by atoms with E-state index in [1.54, 1.807) is 6.07 Å². The van der Waals surface area contributed by atoms with Crippen molar-refractivity contribution in [2.75, 3.05) is 0 Å².